The molecule has 0 radical (unpaired) electrons. The largest absolute Gasteiger partial charge is 0.353 e. The van der Waals surface area contributed by atoms with Crippen LogP contribution in [0.4, 0.5) is 5.82 Å². The van der Waals surface area contributed by atoms with Crippen molar-refractivity contribution in [1.29, 1.82) is 0 Å². The van der Waals surface area contributed by atoms with Crippen molar-refractivity contribution in [3.63, 3.8) is 0 Å². The monoisotopic (exact) mass is 328 g/mol. The summed E-state index contributed by atoms with van der Waals surface area (Å²) in [5.41, 5.74) is 1.70. The number of hydrogen-bond acceptors (Lipinski definition) is 5. The van der Waals surface area contributed by atoms with Gasteiger partial charge < -0.3 is 10.2 Å². The smallest absolute Gasteiger partial charge is 0.271 e. The van der Waals surface area contributed by atoms with Gasteiger partial charge in [0.2, 0.25) is 0 Å². The Hall–Kier alpha value is -2.08. The number of hydrogen-bond donors (Lipinski definition) is 1. The van der Waals surface area contributed by atoms with Crippen molar-refractivity contribution in [1.82, 2.24) is 15.5 Å². The van der Waals surface area contributed by atoms with Gasteiger partial charge >= 0.3 is 0 Å². The second-order valence-corrected chi connectivity index (χ2v) is 6.66. The lowest BCUT2D eigenvalue weighted by Crippen LogP contribution is -2.35. The highest BCUT2D eigenvalue weighted by molar-refractivity contribution is 7.99. The lowest BCUT2D eigenvalue weighted by molar-refractivity contribution is 0.0950. The maximum atomic E-state index is 11.7. The maximum Gasteiger partial charge on any atom is 0.271 e. The highest BCUT2D eigenvalue weighted by atomic mass is 32.2. The average Bonchev–Trinajstić information content (AvgIpc) is 2.63. The third-order valence-corrected chi connectivity index (χ3v) is 5.02. The zero-order chi connectivity index (χ0) is 16.1. The van der Waals surface area contributed by atoms with E-state index in [0.717, 1.165) is 24.7 Å². The van der Waals surface area contributed by atoms with Crippen molar-refractivity contribution in [2.45, 2.75) is 12.2 Å². The first kappa shape index (κ1) is 15.8. The molecule has 23 heavy (non-hydrogen) atoms. The molecule has 5 nitrogen and oxygen atoms in total. The van der Waals surface area contributed by atoms with Crippen LogP contribution >= 0.6 is 11.8 Å². The summed E-state index contributed by atoms with van der Waals surface area (Å²) in [4.78, 5) is 14.0. The number of carbonyl (C=O) groups excluding carboxylic acids is 1. The van der Waals surface area contributed by atoms with E-state index < -0.39 is 0 Å². The van der Waals surface area contributed by atoms with Crippen molar-refractivity contribution in [2.24, 2.45) is 0 Å². The van der Waals surface area contributed by atoms with Crippen LogP contribution in [-0.4, -0.2) is 41.5 Å². The van der Waals surface area contributed by atoms with Crippen LogP contribution in [0.1, 0.15) is 28.2 Å². The van der Waals surface area contributed by atoms with Crippen LogP contribution in [0.2, 0.25) is 0 Å². The van der Waals surface area contributed by atoms with Crippen molar-refractivity contribution in [3.8, 4) is 0 Å². The summed E-state index contributed by atoms with van der Waals surface area (Å²) in [6.07, 6.45) is 0. The fourth-order valence-corrected chi connectivity index (χ4v) is 3.84. The number of carbonyl (C=O) groups is 1. The molecule has 0 spiro atoms. The Morgan fingerprint density at radius 3 is 2.78 bits per heavy atom. The van der Waals surface area contributed by atoms with Crippen LogP contribution in [0.15, 0.2) is 42.5 Å². The highest BCUT2D eigenvalue weighted by Gasteiger charge is 2.23. The fourth-order valence-electron chi connectivity index (χ4n) is 2.59. The van der Waals surface area contributed by atoms with E-state index in [1.165, 1.54) is 5.56 Å². The van der Waals surface area contributed by atoms with Crippen molar-refractivity contribution < 1.29 is 4.79 Å². The lowest BCUT2D eigenvalue weighted by Gasteiger charge is -2.33. The molecule has 1 N–H and O–H groups in total. The molecule has 1 aromatic heterocycles. The molecule has 0 saturated carbocycles. The predicted octanol–water partition coefficient (Wildman–Crippen LogP) is 2.52. The molecular formula is C17H20N4OS. The number of anilines is 1. The van der Waals surface area contributed by atoms with Crippen LogP contribution in [0.3, 0.4) is 0 Å². The molecule has 0 aliphatic carbocycles. The summed E-state index contributed by atoms with van der Waals surface area (Å²) >= 11 is 1.98. The van der Waals surface area contributed by atoms with Crippen LogP contribution in [-0.2, 0) is 0 Å². The number of rotatable bonds is 4. The first-order valence-electron chi connectivity index (χ1n) is 7.81. The van der Waals surface area contributed by atoms with Gasteiger partial charge in [0.1, 0.15) is 0 Å². The number of nitrogens with zero attached hydrogens (tertiary/aromatic N) is 3. The number of nitrogens with one attached hydrogen (secondary N) is 1. The van der Waals surface area contributed by atoms with E-state index in [1.807, 2.05) is 30.8 Å². The first-order valence-corrected chi connectivity index (χ1v) is 8.86. The van der Waals surface area contributed by atoms with Gasteiger partial charge in [-0.05, 0) is 24.6 Å². The molecule has 0 bridgehead atoms. The number of amides is 1. The van der Waals surface area contributed by atoms with Gasteiger partial charge in [0.15, 0.2) is 11.5 Å². The zero-order valence-electron chi connectivity index (χ0n) is 13.1. The van der Waals surface area contributed by atoms with E-state index in [2.05, 4.69) is 44.7 Å². The van der Waals surface area contributed by atoms with Gasteiger partial charge in [-0.15, -0.1) is 10.2 Å². The Morgan fingerprint density at radius 2 is 2.09 bits per heavy atom. The fraction of sp³-hybridized carbons (Fsp3) is 0.353. The Morgan fingerprint density at radius 1 is 1.26 bits per heavy atom. The second-order valence-electron chi connectivity index (χ2n) is 5.35. The Kier molecular flexibility index (Phi) is 5.12. The first-order chi connectivity index (χ1) is 11.3. The second kappa shape index (κ2) is 7.46. The van der Waals surface area contributed by atoms with Crippen molar-refractivity contribution in [3.05, 3.63) is 53.7 Å². The quantitative estimate of drug-likeness (QED) is 0.934. The van der Waals surface area contributed by atoms with Gasteiger partial charge in [0.25, 0.3) is 5.91 Å². The molecule has 1 atom stereocenters. The minimum atomic E-state index is -0.178. The van der Waals surface area contributed by atoms with Crippen LogP contribution in [0.25, 0.3) is 0 Å². The molecule has 1 aliphatic rings. The summed E-state index contributed by atoms with van der Waals surface area (Å²) in [6, 6.07) is 14.2. The van der Waals surface area contributed by atoms with E-state index in [1.54, 1.807) is 6.07 Å². The Labute approximate surface area is 140 Å². The molecule has 1 saturated heterocycles. The molecule has 1 aliphatic heterocycles. The third-order valence-electron chi connectivity index (χ3n) is 3.78. The van der Waals surface area contributed by atoms with Gasteiger partial charge in [-0.25, -0.2) is 0 Å². The molecule has 2 aromatic rings. The molecule has 1 fully saturated rings. The lowest BCUT2D eigenvalue weighted by atomic mass is 10.1. The van der Waals surface area contributed by atoms with Crippen LogP contribution in [0.5, 0.6) is 0 Å². The SMILES string of the molecule is CCNC(=O)c1ccc(N2CCS[C@H](c3ccccc3)C2)nn1. The standard InChI is InChI=1S/C17H20N4OS/c1-2-18-17(22)14-8-9-16(20-19-14)21-10-11-23-15(12-21)13-6-4-3-5-7-13/h3-9,15H,2,10-12H2,1H3,(H,18,22)/t15-/m0/s1. The summed E-state index contributed by atoms with van der Waals surface area (Å²) in [7, 11) is 0. The number of thioether (sulfide) groups is 1. The molecule has 1 aromatic carbocycles. The van der Waals surface area contributed by atoms with Gasteiger partial charge in [-0.2, -0.15) is 11.8 Å². The van der Waals surface area contributed by atoms with Gasteiger partial charge in [-0.1, -0.05) is 30.3 Å². The van der Waals surface area contributed by atoms with Gasteiger partial charge in [0.05, 0.1) is 0 Å². The van der Waals surface area contributed by atoms with E-state index in [0.29, 0.717) is 17.5 Å². The van der Waals surface area contributed by atoms with E-state index in [-0.39, 0.29) is 5.91 Å². The van der Waals surface area contributed by atoms with E-state index in [4.69, 9.17) is 0 Å². The van der Waals surface area contributed by atoms with Gasteiger partial charge in [0, 0.05) is 30.6 Å². The predicted molar refractivity (Wildman–Crippen MR) is 93.9 cm³/mol. The summed E-state index contributed by atoms with van der Waals surface area (Å²) in [5, 5.41) is 11.5. The zero-order valence-corrected chi connectivity index (χ0v) is 13.9. The van der Waals surface area contributed by atoms with Crippen molar-refractivity contribution >= 4 is 23.5 Å². The Bertz CT molecular complexity index is 647. The molecule has 6 heteroatoms. The topological polar surface area (TPSA) is 58.1 Å². The number of benzene rings is 1. The van der Waals surface area contributed by atoms with E-state index >= 15 is 0 Å². The maximum absolute atomic E-state index is 11.7. The minimum absolute atomic E-state index is 0.178. The normalized spacial score (nSPS) is 17.8. The minimum Gasteiger partial charge on any atom is -0.353 e. The summed E-state index contributed by atoms with van der Waals surface area (Å²) < 4.78 is 0. The third kappa shape index (κ3) is 3.82. The molecule has 1 amide bonds. The molecule has 3 rings (SSSR count). The number of aromatic nitrogens is 2. The van der Waals surface area contributed by atoms with E-state index in [9.17, 15) is 4.79 Å². The average molecular weight is 328 g/mol. The molecule has 0 unspecified atom stereocenters. The summed E-state index contributed by atoms with van der Waals surface area (Å²) in [6.45, 7) is 4.33. The molecule has 120 valence electrons. The van der Waals surface area contributed by atoms with Crippen molar-refractivity contribution in [2.75, 3.05) is 30.3 Å². The molecule has 2 heterocycles. The van der Waals surface area contributed by atoms with Crippen LogP contribution < -0.4 is 10.2 Å². The highest BCUT2D eigenvalue weighted by Crippen LogP contribution is 2.34. The molecular weight excluding hydrogens is 308 g/mol. The summed E-state index contributed by atoms with van der Waals surface area (Å²) in [5.74, 6) is 1.71. The Balaban J connectivity index is 1.70. The van der Waals surface area contributed by atoms with Gasteiger partial charge in [-0.3, -0.25) is 4.79 Å². The van der Waals surface area contributed by atoms with Crippen LogP contribution in [0, 0.1) is 0 Å².